The minimum atomic E-state index is -0.936. The molecule has 0 radical (unpaired) electrons. The zero-order valence-electron chi connectivity index (χ0n) is 14.7. The molecule has 0 aliphatic heterocycles. The number of amides is 1. The minimum absolute atomic E-state index is 0.214. The van der Waals surface area contributed by atoms with E-state index in [1.165, 1.54) is 0 Å². The van der Waals surface area contributed by atoms with Crippen molar-refractivity contribution < 1.29 is 14.7 Å². The van der Waals surface area contributed by atoms with Crippen molar-refractivity contribution in [2.75, 3.05) is 5.32 Å². The maximum atomic E-state index is 12.6. The first-order valence-corrected chi connectivity index (χ1v) is 8.29. The fourth-order valence-electron chi connectivity index (χ4n) is 3.24. The molecule has 1 aromatic heterocycles. The Morgan fingerprint density at radius 1 is 1.24 bits per heavy atom. The zero-order chi connectivity index (χ0) is 18.4. The van der Waals surface area contributed by atoms with E-state index in [9.17, 15) is 14.7 Å². The number of nitrogens with one attached hydrogen (secondary N) is 2. The molecule has 3 rings (SSSR count). The summed E-state index contributed by atoms with van der Waals surface area (Å²) in [6.07, 6.45) is 0. The highest BCUT2D eigenvalue weighted by Crippen LogP contribution is 2.58. The highest BCUT2D eigenvalue weighted by Gasteiger charge is 2.65. The summed E-state index contributed by atoms with van der Waals surface area (Å²) in [6, 6.07) is 7.25. The maximum absolute atomic E-state index is 12.6. The lowest BCUT2D eigenvalue weighted by atomic mass is 10.1. The summed E-state index contributed by atoms with van der Waals surface area (Å²) in [6.45, 7) is 7.62. The van der Waals surface area contributed by atoms with Gasteiger partial charge in [-0.3, -0.25) is 14.7 Å². The second-order valence-corrected chi connectivity index (χ2v) is 7.35. The predicted molar refractivity (Wildman–Crippen MR) is 92.9 cm³/mol. The van der Waals surface area contributed by atoms with Crippen molar-refractivity contribution in [1.29, 1.82) is 0 Å². The van der Waals surface area contributed by atoms with Crippen LogP contribution in [-0.2, 0) is 9.59 Å². The Labute approximate surface area is 145 Å². The number of carbonyl (C=O) groups is 2. The molecule has 2 atom stereocenters. The molecule has 0 unspecified atom stereocenters. The number of carboxylic acids is 1. The third kappa shape index (κ3) is 3.01. The highest BCUT2D eigenvalue weighted by molar-refractivity contribution is 6.01. The molecule has 2 aromatic rings. The maximum Gasteiger partial charge on any atom is 0.307 e. The van der Waals surface area contributed by atoms with Crippen LogP contribution in [0.25, 0.3) is 11.4 Å². The largest absolute Gasteiger partial charge is 0.481 e. The summed E-state index contributed by atoms with van der Waals surface area (Å²) in [5, 5.41) is 19.2. The molecule has 0 saturated heterocycles. The molecular formula is C18H22N4O3. The molecule has 1 aromatic carbocycles. The van der Waals surface area contributed by atoms with E-state index in [2.05, 4.69) is 20.5 Å². The number of aliphatic carboxylic acids is 1. The molecule has 1 heterocycles. The van der Waals surface area contributed by atoms with E-state index in [0.29, 0.717) is 17.1 Å². The number of aromatic amines is 1. The van der Waals surface area contributed by atoms with E-state index in [4.69, 9.17) is 0 Å². The van der Waals surface area contributed by atoms with Gasteiger partial charge in [0.15, 0.2) is 5.82 Å². The Kier molecular flexibility index (Phi) is 4.10. The van der Waals surface area contributed by atoms with Gasteiger partial charge in [-0.2, -0.15) is 5.10 Å². The monoisotopic (exact) mass is 342 g/mol. The predicted octanol–water partition coefficient (Wildman–Crippen LogP) is 2.89. The van der Waals surface area contributed by atoms with Crippen LogP contribution in [0.5, 0.6) is 0 Å². The quantitative estimate of drug-likeness (QED) is 0.774. The number of benzene rings is 1. The van der Waals surface area contributed by atoms with Gasteiger partial charge < -0.3 is 10.4 Å². The van der Waals surface area contributed by atoms with Crippen molar-refractivity contribution in [1.82, 2.24) is 15.2 Å². The van der Waals surface area contributed by atoms with E-state index >= 15 is 0 Å². The highest BCUT2D eigenvalue weighted by atomic mass is 16.4. The third-order valence-electron chi connectivity index (χ3n) is 4.85. The van der Waals surface area contributed by atoms with Crippen LogP contribution < -0.4 is 5.32 Å². The van der Waals surface area contributed by atoms with Gasteiger partial charge in [0.1, 0.15) is 5.82 Å². The van der Waals surface area contributed by atoms with Gasteiger partial charge in [0.2, 0.25) is 5.91 Å². The molecule has 1 saturated carbocycles. The van der Waals surface area contributed by atoms with Crippen LogP contribution in [0.3, 0.4) is 0 Å². The normalized spacial score (nSPS) is 21.2. The summed E-state index contributed by atoms with van der Waals surface area (Å²) < 4.78 is 0. The van der Waals surface area contributed by atoms with Crippen molar-refractivity contribution >= 4 is 17.6 Å². The number of H-pyrrole nitrogens is 1. The molecule has 3 N–H and O–H groups in total. The molecule has 132 valence electrons. The van der Waals surface area contributed by atoms with Gasteiger partial charge in [-0.25, -0.2) is 4.98 Å². The first kappa shape index (κ1) is 17.1. The second kappa shape index (κ2) is 5.98. The van der Waals surface area contributed by atoms with Gasteiger partial charge in [-0.15, -0.1) is 0 Å². The topological polar surface area (TPSA) is 108 Å². The standard InChI is InChI=1S/C18H22N4O3/c1-9(2)14-20-15(22-21-14)10-7-5-6-8-11(10)19-16(23)12-13(17(24)25)18(12,3)4/h5-9,12-13H,1-4H3,(H,19,23)(H,24,25)(H,20,21,22)/t12-,13+/m0/s1. The fraction of sp³-hybridized carbons (Fsp3) is 0.444. The van der Waals surface area contributed by atoms with Crippen molar-refractivity contribution in [3.05, 3.63) is 30.1 Å². The summed E-state index contributed by atoms with van der Waals surface area (Å²) in [5.74, 6) is -0.938. The Hall–Kier alpha value is -2.70. The van der Waals surface area contributed by atoms with Crippen LogP contribution in [-0.4, -0.2) is 32.2 Å². The van der Waals surface area contributed by atoms with Gasteiger partial charge in [0.05, 0.1) is 17.5 Å². The molecule has 1 aliphatic carbocycles. The number of rotatable bonds is 5. The van der Waals surface area contributed by atoms with Crippen LogP contribution in [0.15, 0.2) is 24.3 Å². The molecule has 7 heteroatoms. The van der Waals surface area contributed by atoms with E-state index in [0.717, 1.165) is 5.82 Å². The van der Waals surface area contributed by atoms with E-state index in [1.807, 2.05) is 32.0 Å². The fourth-order valence-corrected chi connectivity index (χ4v) is 3.24. The molecule has 25 heavy (non-hydrogen) atoms. The number of nitrogens with zero attached hydrogens (tertiary/aromatic N) is 2. The first-order valence-electron chi connectivity index (χ1n) is 8.29. The van der Waals surface area contributed by atoms with E-state index in [1.54, 1.807) is 19.9 Å². The lowest BCUT2D eigenvalue weighted by Crippen LogP contribution is -2.18. The Morgan fingerprint density at radius 2 is 1.92 bits per heavy atom. The number of carboxylic acid groups (broad SMARTS) is 1. The average molecular weight is 342 g/mol. The van der Waals surface area contributed by atoms with Crippen LogP contribution in [0.2, 0.25) is 0 Å². The number of anilines is 1. The zero-order valence-corrected chi connectivity index (χ0v) is 14.7. The third-order valence-corrected chi connectivity index (χ3v) is 4.85. The molecule has 1 fully saturated rings. The van der Waals surface area contributed by atoms with E-state index in [-0.39, 0.29) is 11.8 Å². The minimum Gasteiger partial charge on any atom is -0.481 e. The van der Waals surface area contributed by atoms with Gasteiger partial charge in [-0.05, 0) is 17.5 Å². The van der Waals surface area contributed by atoms with Crippen LogP contribution in [0, 0.1) is 17.3 Å². The number of hydrogen-bond donors (Lipinski definition) is 3. The number of carbonyl (C=O) groups excluding carboxylic acids is 1. The Morgan fingerprint density at radius 3 is 2.48 bits per heavy atom. The van der Waals surface area contributed by atoms with Gasteiger partial charge in [-0.1, -0.05) is 39.8 Å². The van der Waals surface area contributed by atoms with Crippen molar-refractivity contribution in [2.24, 2.45) is 17.3 Å². The first-order chi connectivity index (χ1) is 11.7. The molecule has 7 nitrogen and oxygen atoms in total. The summed E-state index contributed by atoms with van der Waals surface area (Å²) in [5.41, 5.74) is 0.734. The summed E-state index contributed by atoms with van der Waals surface area (Å²) in [7, 11) is 0. The molecule has 1 aliphatic rings. The second-order valence-electron chi connectivity index (χ2n) is 7.35. The van der Waals surface area contributed by atoms with Crippen LogP contribution in [0.4, 0.5) is 5.69 Å². The average Bonchev–Trinajstić information content (AvgIpc) is 2.91. The van der Waals surface area contributed by atoms with Crippen LogP contribution >= 0.6 is 0 Å². The number of hydrogen-bond acceptors (Lipinski definition) is 4. The summed E-state index contributed by atoms with van der Waals surface area (Å²) in [4.78, 5) is 28.3. The van der Waals surface area contributed by atoms with Crippen molar-refractivity contribution in [3.63, 3.8) is 0 Å². The Balaban J connectivity index is 1.84. The lowest BCUT2D eigenvalue weighted by molar-refractivity contribution is -0.140. The van der Waals surface area contributed by atoms with E-state index < -0.39 is 23.2 Å². The molecule has 1 amide bonds. The SMILES string of the molecule is CC(C)c1nc(-c2ccccc2NC(=O)[C@@H]2[C@H](C(=O)O)C2(C)C)n[nH]1. The molecule has 0 bridgehead atoms. The molecule has 0 spiro atoms. The summed E-state index contributed by atoms with van der Waals surface area (Å²) >= 11 is 0. The van der Waals surface area contributed by atoms with Crippen LogP contribution in [0.1, 0.15) is 39.4 Å². The number of aromatic nitrogens is 3. The van der Waals surface area contributed by atoms with Gasteiger partial charge in [0, 0.05) is 11.5 Å². The van der Waals surface area contributed by atoms with Gasteiger partial charge in [0.25, 0.3) is 0 Å². The molecular weight excluding hydrogens is 320 g/mol. The lowest BCUT2D eigenvalue weighted by Gasteiger charge is -2.09. The smallest absolute Gasteiger partial charge is 0.307 e. The van der Waals surface area contributed by atoms with Gasteiger partial charge >= 0.3 is 5.97 Å². The van der Waals surface area contributed by atoms with Crippen molar-refractivity contribution in [3.8, 4) is 11.4 Å². The Bertz CT molecular complexity index is 825. The van der Waals surface area contributed by atoms with Crippen molar-refractivity contribution in [2.45, 2.75) is 33.6 Å². The number of para-hydroxylation sites is 1.